The van der Waals surface area contributed by atoms with E-state index in [0.29, 0.717) is 19.5 Å². The molecule has 0 radical (unpaired) electrons. The molecule has 0 aliphatic carbocycles. The molecule has 0 bridgehead atoms. The Kier molecular flexibility index (Phi) is 22.0. The molecule has 1 atom stereocenters. The number of amides is 3. The molecule has 0 aromatic carbocycles. The average Bonchev–Trinajstić information content (AvgIpc) is 2.80. The fourth-order valence-electron chi connectivity index (χ4n) is 3.53. The first-order valence-corrected chi connectivity index (χ1v) is 13.6. The Labute approximate surface area is 203 Å². The molecule has 192 valence electrons. The zero-order valence-electron chi connectivity index (χ0n) is 21.7. The van der Waals surface area contributed by atoms with Crippen molar-refractivity contribution >= 4 is 17.7 Å². The molecule has 0 aliphatic heterocycles. The molecule has 0 fully saturated rings. The second-order valence-electron chi connectivity index (χ2n) is 8.97. The van der Waals surface area contributed by atoms with Crippen molar-refractivity contribution in [3.63, 3.8) is 0 Å². The zero-order valence-corrected chi connectivity index (χ0v) is 21.7. The van der Waals surface area contributed by atoms with Crippen LogP contribution in [0.25, 0.3) is 0 Å². The van der Waals surface area contributed by atoms with Crippen molar-refractivity contribution in [2.75, 3.05) is 13.1 Å². The number of carbonyl (C=O) groups excluding carboxylic acids is 3. The number of hydrogen-bond donors (Lipinski definition) is 3. The van der Waals surface area contributed by atoms with Gasteiger partial charge in [0.2, 0.25) is 17.7 Å². The normalized spacial score (nSPS) is 12.0. The second-order valence-corrected chi connectivity index (χ2v) is 8.97. The van der Waals surface area contributed by atoms with E-state index in [4.69, 9.17) is 0 Å². The lowest BCUT2D eigenvalue weighted by Crippen LogP contribution is -2.47. The highest BCUT2D eigenvalue weighted by Crippen LogP contribution is 2.10. The quantitative estimate of drug-likeness (QED) is 0.144. The van der Waals surface area contributed by atoms with Crippen molar-refractivity contribution in [1.82, 2.24) is 16.0 Å². The number of carbonyl (C=O) groups is 3. The van der Waals surface area contributed by atoms with Crippen LogP contribution in [0, 0.1) is 0 Å². The molecule has 0 unspecified atom stereocenters. The van der Waals surface area contributed by atoms with Crippen LogP contribution in [0.3, 0.4) is 0 Å². The van der Waals surface area contributed by atoms with Crippen LogP contribution in [0.5, 0.6) is 0 Å². The van der Waals surface area contributed by atoms with Gasteiger partial charge < -0.3 is 16.0 Å². The van der Waals surface area contributed by atoms with Crippen LogP contribution >= 0.6 is 0 Å². The van der Waals surface area contributed by atoms with Gasteiger partial charge in [0.1, 0.15) is 6.04 Å². The summed E-state index contributed by atoms with van der Waals surface area (Å²) in [5.41, 5.74) is 0. The highest BCUT2D eigenvalue weighted by atomic mass is 16.2. The SMILES string of the molecule is CCCCCCCCCCC/C=C/C(=O)N[C@@H](CCC(=O)NCCCC)C(=O)NCCCC. The van der Waals surface area contributed by atoms with E-state index in [1.165, 1.54) is 57.4 Å². The number of rotatable bonds is 22. The first kappa shape index (κ1) is 31.1. The van der Waals surface area contributed by atoms with Crippen molar-refractivity contribution < 1.29 is 14.4 Å². The molecule has 0 aromatic rings. The Morgan fingerprint density at radius 2 is 1.24 bits per heavy atom. The molecular weight excluding hydrogens is 414 g/mol. The van der Waals surface area contributed by atoms with Gasteiger partial charge in [0.15, 0.2) is 0 Å². The average molecular weight is 466 g/mol. The second kappa shape index (κ2) is 23.3. The van der Waals surface area contributed by atoms with Gasteiger partial charge in [0.05, 0.1) is 0 Å². The molecule has 0 rings (SSSR count). The lowest BCUT2D eigenvalue weighted by atomic mass is 10.1. The van der Waals surface area contributed by atoms with Crippen molar-refractivity contribution in [2.45, 2.75) is 130 Å². The molecule has 0 heterocycles. The summed E-state index contributed by atoms with van der Waals surface area (Å²) in [6.45, 7) is 7.60. The minimum atomic E-state index is -0.691. The number of nitrogens with one attached hydrogen (secondary N) is 3. The Morgan fingerprint density at radius 1 is 0.697 bits per heavy atom. The summed E-state index contributed by atoms with van der Waals surface area (Å²) in [4.78, 5) is 36.8. The van der Waals surface area contributed by atoms with E-state index in [9.17, 15) is 14.4 Å². The maximum absolute atomic E-state index is 12.5. The summed E-state index contributed by atoms with van der Waals surface area (Å²) in [5.74, 6) is -0.566. The third-order valence-corrected chi connectivity index (χ3v) is 5.72. The Balaban J connectivity index is 4.27. The highest BCUT2D eigenvalue weighted by molar-refractivity contribution is 5.93. The van der Waals surface area contributed by atoms with Crippen LogP contribution in [0.15, 0.2) is 12.2 Å². The maximum Gasteiger partial charge on any atom is 0.244 e. The van der Waals surface area contributed by atoms with Crippen molar-refractivity contribution in [1.29, 1.82) is 0 Å². The summed E-state index contributed by atoms with van der Waals surface area (Å²) >= 11 is 0. The standard InChI is InChI=1S/C27H51N3O3/c1-4-7-10-11-12-13-14-15-16-17-18-19-26(32)30-24(27(33)29-23-9-6-3)20-21-25(31)28-22-8-5-2/h18-19,24H,4-17,20-23H2,1-3H3,(H,28,31)(H,29,33)(H,30,32)/b19-18+/t24-/m0/s1. The molecule has 0 saturated carbocycles. The fourth-order valence-corrected chi connectivity index (χ4v) is 3.53. The van der Waals surface area contributed by atoms with Crippen LogP contribution < -0.4 is 16.0 Å². The largest absolute Gasteiger partial charge is 0.356 e. The molecule has 0 aliphatic rings. The van der Waals surface area contributed by atoms with Crippen molar-refractivity contribution in [3.8, 4) is 0 Å². The van der Waals surface area contributed by atoms with E-state index in [1.54, 1.807) is 0 Å². The first-order valence-electron chi connectivity index (χ1n) is 13.6. The van der Waals surface area contributed by atoms with Gasteiger partial charge in [-0.15, -0.1) is 0 Å². The molecule has 6 nitrogen and oxygen atoms in total. The minimum absolute atomic E-state index is 0.0787. The van der Waals surface area contributed by atoms with Crippen molar-refractivity contribution in [2.24, 2.45) is 0 Å². The van der Waals surface area contributed by atoms with Gasteiger partial charge in [0.25, 0.3) is 0 Å². The summed E-state index contributed by atoms with van der Waals surface area (Å²) in [6.07, 6.45) is 20.1. The Bertz CT molecular complexity index is 535. The van der Waals surface area contributed by atoms with Gasteiger partial charge in [0, 0.05) is 19.5 Å². The molecule has 0 aromatic heterocycles. The molecule has 3 amide bonds. The number of hydrogen-bond acceptors (Lipinski definition) is 3. The third kappa shape index (κ3) is 20.5. The molecule has 3 N–H and O–H groups in total. The summed E-state index contributed by atoms with van der Waals surface area (Å²) < 4.78 is 0. The zero-order chi connectivity index (χ0) is 24.6. The first-order chi connectivity index (χ1) is 16.0. The number of unbranched alkanes of at least 4 members (excludes halogenated alkanes) is 11. The minimum Gasteiger partial charge on any atom is -0.356 e. The van der Waals surface area contributed by atoms with E-state index in [2.05, 4.69) is 36.7 Å². The van der Waals surface area contributed by atoms with Gasteiger partial charge in [-0.25, -0.2) is 0 Å². The van der Waals surface area contributed by atoms with Crippen LogP contribution in [-0.2, 0) is 14.4 Å². The monoisotopic (exact) mass is 465 g/mol. The summed E-state index contributed by atoms with van der Waals surface area (Å²) in [5, 5.41) is 8.51. The molecule has 0 saturated heterocycles. The molecule has 0 spiro atoms. The summed E-state index contributed by atoms with van der Waals surface area (Å²) in [7, 11) is 0. The van der Waals surface area contributed by atoms with Gasteiger partial charge in [-0.05, 0) is 38.2 Å². The van der Waals surface area contributed by atoms with Gasteiger partial charge in [-0.2, -0.15) is 0 Å². The molecule has 6 heteroatoms. The Morgan fingerprint density at radius 3 is 1.85 bits per heavy atom. The van der Waals surface area contributed by atoms with E-state index in [-0.39, 0.29) is 24.1 Å². The molecular formula is C27H51N3O3. The number of allylic oxidation sites excluding steroid dienone is 1. The van der Waals surface area contributed by atoms with Crippen molar-refractivity contribution in [3.05, 3.63) is 12.2 Å². The smallest absolute Gasteiger partial charge is 0.244 e. The van der Waals surface area contributed by atoms with E-state index >= 15 is 0 Å². The van der Waals surface area contributed by atoms with Crippen LogP contribution in [-0.4, -0.2) is 36.9 Å². The van der Waals surface area contributed by atoms with Crippen LogP contribution in [0.1, 0.15) is 124 Å². The van der Waals surface area contributed by atoms with Crippen LogP contribution in [0.2, 0.25) is 0 Å². The topological polar surface area (TPSA) is 87.3 Å². The Hall–Kier alpha value is -1.85. The molecule has 33 heavy (non-hydrogen) atoms. The summed E-state index contributed by atoms with van der Waals surface area (Å²) in [6, 6.07) is -0.691. The van der Waals surface area contributed by atoms with E-state index in [0.717, 1.165) is 38.5 Å². The van der Waals surface area contributed by atoms with E-state index in [1.807, 2.05) is 6.08 Å². The fraction of sp³-hybridized carbons (Fsp3) is 0.815. The lowest BCUT2D eigenvalue weighted by Gasteiger charge is -2.17. The highest BCUT2D eigenvalue weighted by Gasteiger charge is 2.20. The third-order valence-electron chi connectivity index (χ3n) is 5.72. The lowest BCUT2D eigenvalue weighted by molar-refractivity contribution is -0.128. The van der Waals surface area contributed by atoms with E-state index < -0.39 is 6.04 Å². The predicted octanol–water partition coefficient (Wildman–Crippen LogP) is 5.56. The van der Waals surface area contributed by atoms with Gasteiger partial charge in [-0.1, -0.05) is 91.1 Å². The maximum atomic E-state index is 12.5. The predicted molar refractivity (Wildman–Crippen MR) is 138 cm³/mol. The van der Waals surface area contributed by atoms with Crippen LogP contribution in [0.4, 0.5) is 0 Å². The van der Waals surface area contributed by atoms with Gasteiger partial charge >= 0.3 is 0 Å². The van der Waals surface area contributed by atoms with Gasteiger partial charge in [-0.3, -0.25) is 14.4 Å².